The Balaban J connectivity index is -0.000000405. The summed E-state index contributed by atoms with van der Waals surface area (Å²) in [4.78, 5) is 0. The van der Waals surface area contributed by atoms with E-state index in [1.165, 1.54) is 11.8 Å². The minimum absolute atomic E-state index is 0. The second kappa shape index (κ2) is 8.34. The molecule has 0 aliphatic rings. The third kappa shape index (κ3) is 17.0. The third-order valence-electron chi connectivity index (χ3n) is 1.00. The molecule has 0 aliphatic carbocycles. The first-order valence-corrected chi connectivity index (χ1v) is 4.16. The largest absolute Gasteiger partial charge is 0.379 e. The number of thioether (sulfide) groups is 1. The Morgan fingerprint density at radius 2 is 1.83 bits per heavy atom. The van der Waals surface area contributed by atoms with Gasteiger partial charge in [-0.15, -0.1) is 34.0 Å². The summed E-state index contributed by atoms with van der Waals surface area (Å²) in [5, 5.41) is 7.07. The molecule has 0 saturated heterocycles. The molecular weight excluding hydrogens is 306 g/mol. The van der Waals surface area contributed by atoms with E-state index in [0.717, 1.165) is 12.2 Å². The lowest BCUT2D eigenvalue weighted by Crippen LogP contribution is -2.32. The topological polar surface area (TPSA) is 75.9 Å². The summed E-state index contributed by atoms with van der Waals surface area (Å²) in [7, 11) is 0. The lowest BCUT2D eigenvalue weighted by molar-refractivity contribution is 0.506. The molecule has 0 spiro atoms. The van der Waals surface area contributed by atoms with Crippen LogP contribution in [0.5, 0.6) is 0 Å². The van der Waals surface area contributed by atoms with Gasteiger partial charge in [-0.1, -0.05) is 11.8 Å². The molecule has 5 N–H and O–H groups in total. The van der Waals surface area contributed by atoms with Crippen LogP contribution in [0.3, 0.4) is 0 Å². The van der Waals surface area contributed by atoms with E-state index < -0.39 is 0 Å². The highest BCUT2D eigenvalue weighted by molar-refractivity contribution is 8.93. The summed E-state index contributed by atoms with van der Waals surface area (Å²) < 4.78 is 0. The Bertz CT molecular complexity index is 124. The van der Waals surface area contributed by atoms with E-state index in [1.807, 2.05) is 13.8 Å². The van der Waals surface area contributed by atoms with Crippen molar-refractivity contribution >= 4 is 50.9 Å². The normalized spacial score (nSPS) is 9.58. The van der Waals surface area contributed by atoms with Crippen molar-refractivity contribution in [2.75, 3.05) is 5.75 Å². The Morgan fingerprint density at radius 3 is 2.08 bits per heavy atom. The summed E-state index contributed by atoms with van der Waals surface area (Å²) in [6.07, 6.45) is 0.886. The predicted molar refractivity (Wildman–Crippen MR) is 67.9 cm³/mol. The van der Waals surface area contributed by atoms with Crippen LogP contribution in [-0.2, 0) is 0 Å². The van der Waals surface area contributed by atoms with Crippen LogP contribution < -0.4 is 11.5 Å². The van der Waals surface area contributed by atoms with Crippen LogP contribution in [0, 0.1) is 5.41 Å². The van der Waals surface area contributed by atoms with E-state index >= 15 is 0 Å². The maximum absolute atomic E-state index is 6.90. The van der Waals surface area contributed by atoms with Crippen LogP contribution in [0.4, 0.5) is 0 Å². The van der Waals surface area contributed by atoms with Crippen LogP contribution in [-0.4, -0.2) is 16.5 Å². The molecule has 3 nitrogen and oxygen atoms in total. The second-order valence-corrected chi connectivity index (χ2v) is 4.09. The van der Waals surface area contributed by atoms with Gasteiger partial charge in [0.25, 0.3) is 0 Å². The SMILES string of the molecule is Br.Br.CC(C)(N)CCSC(=N)N. The van der Waals surface area contributed by atoms with Crippen LogP contribution in [0.15, 0.2) is 0 Å². The van der Waals surface area contributed by atoms with Gasteiger partial charge in [0, 0.05) is 11.3 Å². The second-order valence-electron chi connectivity index (χ2n) is 2.95. The number of amidine groups is 1. The molecule has 6 heteroatoms. The molecule has 0 radical (unpaired) electrons. The summed E-state index contributed by atoms with van der Waals surface area (Å²) in [5.74, 6) is 0.832. The summed E-state index contributed by atoms with van der Waals surface area (Å²) >= 11 is 1.34. The average Bonchev–Trinajstić information content (AvgIpc) is 1.59. The van der Waals surface area contributed by atoms with Crippen molar-refractivity contribution in [2.45, 2.75) is 25.8 Å². The molecule has 0 aromatic carbocycles. The molecular formula is C6H17Br2N3S. The highest BCUT2D eigenvalue weighted by Gasteiger charge is 2.09. The molecule has 0 fully saturated rings. The minimum atomic E-state index is -0.136. The van der Waals surface area contributed by atoms with E-state index in [4.69, 9.17) is 16.9 Å². The van der Waals surface area contributed by atoms with Crippen LogP contribution >= 0.6 is 45.7 Å². The van der Waals surface area contributed by atoms with E-state index in [0.29, 0.717) is 0 Å². The van der Waals surface area contributed by atoms with Crippen molar-refractivity contribution in [3.05, 3.63) is 0 Å². The Labute approximate surface area is 99.1 Å². The molecule has 0 saturated carbocycles. The monoisotopic (exact) mass is 321 g/mol. The molecule has 0 amide bonds. The molecule has 0 bridgehead atoms. The van der Waals surface area contributed by atoms with Crippen molar-refractivity contribution in [3.8, 4) is 0 Å². The lowest BCUT2D eigenvalue weighted by atomic mass is 10.0. The quantitative estimate of drug-likeness (QED) is 0.548. The highest BCUT2D eigenvalue weighted by atomic mass is 79.9. The number of nitrogens with one attached hydrogen (secondary N) is 1. The molecule has 0 aromatic rings. The fourth-order valence-electron chi connectivity index (χ4n) is 0.424. The fraction of sp³-hybridized carbons (Fsp3) is 0.833. The Hall–Kier alpha value is 0.740. The first kappa shape index (κ1) is 18.5. The molecule has 0 heterocycles. The number of rotatable bonds is 3. The van der Waals surface area contributed by atoms with E-state index in [-0.39, 0.29) is 44.7 Å². The minimum Gasteiger partial charge on any atom is -0.379 e. The molecule has 76 valence electrons. The van der Waals surface area contributed by atoms with Gasteiger partial charge in [0.05, 0.1) is 0 Å². The molecule has 0 atom stereocenters. The van der Waals surface area contributed by atoms with Gasteiger partial charge in [-0.25, -0.2) is 0 Å². The standard InChI is InChI=1S/C6H15N3S.2BrH/c1-6(2,9)3-4-10-5(7)8;;/h3-4,9H2,1-2H3,(H3,7,8);2*1H. The summed E-state index contributed by atoms with van der Waals surface area (Å²) in [6, 6.07) is 0. The average molecular weight is 323 g/mol. The zero-order valence-corrected chi connectivity index (χ0v) is 11.5. The van der Waals surface area contributed by atoms with Crippen LogP contribution in [0.1, 0.15) is 20.3 Å². The Morgan fingerprint density at radius 1 is 1.42 bits per heavy atom. The fourth-order valence-corrected chi connectivity index (χ4v) is 1.27. The summed E-state index contributed by atoms with van der Waals surface area (Å²) in [5.41, 5.74) is 10.7. The van der Waals surface area contributed by atoms with Crippen molar-refractivity contribution in [1.82, 2.24) is 0 Å². The van der Waals surface area contributed by atoms with Gasteiger partial charge in [0.1, 0.15) is 0 Å². The van der Waals surface area contributed by atoms with Crippen molar-refractivity contribution in [1.29, 1.82) is 5.41 Å². The molecule has 12 heavy (non-hydrogen) atoms. The Kier molecular flexibility index (Phi) is 12.9. The zero-order chi connectivity index (χ0) is 8.20. The van der Waals surface area contributed by atoms with Gasteiger partial charge in [0.15, 0.2) is 5.17 Å². The third-order valence-corrected chi connectivity index (χ3v) is 1.72. The summed E-state index contributed by atoms with van der Waals surface area (Å²) in [6.45, 7) is 3.93. The van der Waals surface area contributed by atoms with Crippen molar-refractivity contribution in [3.63, 3.8) is 0 Å². The van der Waals surface area contributed by atoms with Gasteiger partial charge in [-0.3, -0.25) is 5.41 Å². The zero-order valence-electron chi connectivity index (χ0n) is 7.29. The smallest absolute Gasteiger partial charge is 0.151 e. The van der Waals surface area contributed by atoms with E-state index in [2.05, 4.69) is 0 Å². The van der Waals surface area contributed by atoms with E-state index in [1.54, 1.807) is 0 Å². The number of hydrogen-bond donors (Lipinski definition) is 3. The van der Waals surface area contributed by atoms with Gasteiger partial charge >= 0.3 is 0 Å². The molecule has 0 rings (SSSR count). The van der Waals surface area contributed by atoms with Gasteiger partial charge in [-0.05, 0) is 20.3 Å². The van der Waals surface area contributed by atoms with Crippen molar-refractivity contribution < 1.29 is 0 Å². The lowest BCUT2D eigenvalue weighted by Gasteiger charge is -2.16. The highest BCUT2D eigenvalue weighted by Crippen LogP contribution is 2.09. The number of nitrogens with two attached hydrogens (primary N) is 2. The van der Waals surface area contributed by atoms with Crippen LogP contribution in [0.25, 0.3) is 0 Å². The first-order valence-electron chi connectivity index (χ1n) is 3.17. The maximum atomic E-state index is 6.90. The van der Waals surface area contributed by atoms with E-state index in [9.17, 15) is 0 Å². The number of hydrogen-bond acceptors (Lipinski definition) is 3. The number of halogens is 2. The van der Waals surface area contributed by atoms with Crippen molar-refractivity contribution in [2.24, 2.45) is 11.5 Å². The molecule has 0 unspecified atom stereocenters. The molecule has 0 aliphatic heterocycles. The maximum Gasteiger partial charge on any atom is 0.151 e. The van der Waals surface area contributed by atoms with Gasteiger partial charge < -0.3 is 11.5 Å². The van der Waals surface area contributed by atoms with Gasteiger partial charge in [0.2, 0.25) is 0 Å². The molecule has 0 aromatic heterocycles. The van der Waals surface area contributed by atoms with Crippen LogP contribution in [0.2, 0.25) is 0 Å². The predicted octanol–water partition coefficient (Wildman–Crippen LogP) is 1.90. The van der Waals surface area contributed by atoms with Gasteiger partial charge in [-0.2, -0.15) is 0 Å². The first-order chi connectivity index (χ1) is 4.42.